The highest BCUT2D eigenvalue weighted by Gasteiger charge is 2.30. The van der Waals surface area contributed by atoms with Gasteiger partial charge in [-0.1, -0.05) is 90.4 Å². The zero-order chi connectivity index (χ0) is 22.7. The Morgan fingerprint density at radius 2 is 1.45 bits per heavy atom. The minimum Gasteiger partial charge on any atom is -0.480 e. The smallest absolute Gasteiger partial charge is 0.328 e. The molecule has 0 aromatic rings. The molecule has 0 aromatic heterocycles. The number of aliphatic carboxylic acids is 1. The molecule has 0 spiro atoms. The number of nitrogens with one attached hydrogen (secondary N) is 2. The molecule has 0 aliphatic carbocycles. The third-order valence-corrected chi connectivity index (χ3v) is 5.97. The van der Waals surface area contributed by atoms with Crippen LogP contribution in [0.3, 0.4) is 0 Å². The van der Waals surface area contributed by atoms with Crippen LogP contribution < -0.4 is 10.6 Å². The highest BCUT2D eigenvalue weighted by Crippen LogP contribution is 2.13. The first-order valence-corrected chi connectivity index (χ1v) is 12.6. The lowest BCUT2D eigenvalue weighted by molar-refractivity contribution is -0.143. The fourth-order valence-electron chi connectivity index (χ4n) is 3.96. The molecule has 3 atom stereocenters. The summed E-state index contributed by atoms with van der Waals surface area (Å²) in [6, 6.07) is -1.60. The number of hydrogen-bond donors (Lipinski definition) is 4. The predicted molar refractivity (Wildman–Crippen MR) is 123 cm³/mol. The standard InChI is InChI=1S/C24H46N2O5/c1-2-3-4-5-6-7-8-9-10-11-12-13-14-15-16-31-19-22(24(29)30)26-23(28)21-17-20(27)18-25-21/h20-22,25,27H,2-19H2,1H3,(H,26,28)(H,29,30). The Kier molecular flexibility index (Phi) is 16.5. The first kappa shape index (κ1) is 27.9. The van der Waals surface area contributed by atoms with Crippen molar-refractivity contribution < 1.29 is 24.5 Å². The number of carbonyl (C=O) groups is 2. The molecule has 1 saturated heterocycles. The van der Waals surface area contributed by atoms with Crippen molar-refractivity contribution in [3.63, 3.8) is 0 Å². The number of carboxylic acids is 1. The van der Waals surface area contributed by atoms with Crippen LogP contribution >= 0.6 is 0 Å². The van der Waals surface area contributed by atoms with Crippen LogP contribution in [0.2, 0.25) is 0 Å². The number of aliphatic hydroxyl groups is 1. The van der Waals surface area contributed by atoms with E-state index in [9.17, 15) is 19.8 Å². The van der Waals surface area contributed by atoms with Crippen molar-refractivity contribution in [2.75, 3.05) is 19.8 Å². The van der Waals surface area contributed by atoms with Gasteiger partial charge in [0.05, 0.1) is 18.8 Å². The molecule has 4 N–H and O–H groups in total. The van der Waals surface area contributed by atoms with E-state index in [1.807, 2.05) is 0 Å². The second-order valence-corrected chi connectivity index (χ2v) is 8.92. The molecule has 1 amide bonds. The number of aliphatic hydroxyl groups excluding tert-OH is 1. The molecule has 0 bridgehead atoms. The van der Waals surface area contributed by atoms with E-state index in [0.29, 0.717) is 19.6 Å². The van der Waals surface area contributed by atoms with Crippen LogP contribution in [0.1, 0.15) is 103 Å². The number of carboxylic acid groups (broad SMARTS) is 1. The summed E-state index contributed by atoms with van der Waals surface area (Å²) in [5.41, 5.74) is 0. The summed E-state index contributed by atoms with van der Waals surface area (Å²) in [5, 5.41) is 24.1. The molecule has 1 aliphatic heterocycles. The van der Waals surface area contributed by atoms with Crippen LogP contribution in [0.25, 0.3) is 0 Å². The molecule has 1 heterocycles. The van der Waals surface area contributed by atoms with Gasteiger partial charge in [-0.3, -0.25) is 4.79 Å². The summed E-state index contributed by atoms with van der Waals surface area (Å²) in [6.07, 6.45) is 17.8. The Balaban J connectivity index is 1.91. The molecular weight excluding hydrogens is 396 g/mol. The van der Waals surface area contributed by atoms with Crippen molar-refractivity contribution >= 4 is 11.9 Å². The van der Waals surface area contributed by atoms with Gasteiger partial charge in [0.15, 0.2) is 6.04 Å². The average molecular weight is 443 g/mol. The van der Waals surface area contributed by atoms with E-state index >= 15 is 0 Å². The largest absolute Gasteiger partial charge is 0.480 e. The second kappa shape index (κ2) is 18.4. The Hall–Kier alpha value is -1.18. The van der Waals surface area contributed by atoms with Crippen molar-refractivity contribution in [2.24, 2.45) is 0 Å². The second-order valence-electron chi connectivity index (χ2n) is 8.92. The van der Waals surface area contributed by atoms with E-state index in [1.54, 1.807) is 0 Å². The number of rotatable bonds is 20. The van der Waals surface area contributed by atoms with Crippen LogP contribution in [0, 0.1) is 0 Å². The van der Waals surface area contributed by atoms with Gasteiger partial charge in [-0.25, -0.2) is 4.79 Å². The third kappa shape index (κ3) is 14.5. The Bertz CT molecular complexity index is 475. The predicted octanol–water partition coefficient (Wildman–Crippen LogP) is 3.78. The van der Waals surface area contributed by atoms with E-state index in [4.69, 9.17) is 4.74 Å². The van der Waals surface area contributed by atoms with Gasteiger partial charge in [-0.2, -0.15) is 0 Å². The van der Waals surface area contributed by atoms with Gasteiger partial charge in [0.2, 0.25) is 5.91 Å². The monoisotopic (exact) mass is 442 g/mol. The summed E-state index contributed by atoms with van der Waals surface area (Å²) in [4.78, 5) is 23.4. The van der Waals surface area contributed by atoms with Gasteiger partial charge in [0.25, 0.3) is 0 Å². The lowest BCUT2D eigenvalue weighted by atomic mass is 10.0. The Labute approximate surface area is 188 Å². The van der Waals surface area contributed by atoms with E-state index in [-0.39, 0.29) is 6.61 Å². The highest BCUT2D eigenvalue weighted by atomic mass is 16.5. The van der Waals surface area contributed by atoms with Crippen molar-refractivity contribution in [2.45, 2.75) is 121 Å². The lowest BCUT2D eigenvalue weighted by Crippen LogP contribution is -2.50. The van der Waals surface area contributed by atoms with E-state index in [0.717, 1.165) is 12.8 Å². The number of amides is 1. The minimum absolute atomic E-state index is 0.0329. The lowest BCUT2D eigenvalue weighted by Gasteiger charge is -2.17. The molecule has 7 nitrogen and oxygen atoms in total. The van der Waals surface area contributed by atoms with Gasteiger partial charge in [0, 0.05) is 13.2 Å². The third-order valence-electron chi connectivity index (χ3n) is 5.97. The van der Waals surface area contributed by atoms with E-state index in [2.05, 4.69) is 17.6 Å². The normalized spacial score (nSPS) is 19.4. The maximum Gasteiger partial charge on any atom is 0.328 e. The molecular formula is C24H46N2O5. The number of β-amino-alcohol motifs (C(OH)–C–C–N with tert-alkyl or cyclic N) is 1. The number of ether oxygens (including phenoxy) is 1. The van der Waals surface area contributed by atoms with E-state index in [1.165, 1.54) is 77.0 Å². The molecule has 3 unspecified atom stereocenters. The van der Waals surface area contributed by atoms with Gasteiger partial charge < -0.3 is 25.6 Å². The van der Waals surface area contributed by atoms with Gasteiger partial charge in [-0.05, 0) is 12.8 Å². The van der Waals surface area contributed by atoms with Crippen molar-refractivity contribution in [1.29, 1.82) is 0 Å². The molecule has 0 saturated carbocycles. The summed E-state index contributed by atoms with van der Waals surface area (Å²) in [5.74, 6) is -1.50. The quantitative estimate of drug-likeness (QED) is 0.214. The van der Waals surface area contributed by atoms with Crippen LogP contribution in [0.4, 0.5) is 0 Å². The van der Waals surface area contributed by atoms with Crippen molar-refractivity contribution in [3.8, 4) is 0 Å². The zero-order valence-corrected chi connectivity index (χ0v) is 19.6. The first-order valence-electron chi connectivity index (χ1n) is 12.6. The van der Waals surface area contributed by atoms with Crippen LogP contribution in [-0.2, 0) is 14.3 Å². The Morgan fingerprint density at radius 1 is 0.935 bits per heavy atom. The zero-order valence-electron chi connectivity index (χ0n) is 19.6. The molecule has 0 radical (unpaired) electrons. The average Bonchev–Trinajstić information content (AvgIpc) is 3.18. The fourth-order valence-corrected chi connectivity index (χ4v) is 3.96. The number of carbonyl (C=O) groups excluding carboxylic acids is 1. The molecule has 7 heteroatoms. The van der Waals surface area contributed by atoms with Crippen LogP contribution in [-0.4, -0.2) is 60.0 Å². The van der Waals surface area contributed by atoms with Crippen LogP contribution in [0.15, 0.2) is 0 Å². The minimum atomic E-state index is -1.10. The summed E-state index contributed by atoms with van der Waals surface area (Å²) in [7, 11) is 0. The molecule has 0 aromatic carbocycles. The molecule has 1 aliphatic rings. The highest BCUT2D eigenvalue weighted by molar-refractivity contribution is 5.87. The maximum atomic E-state index is 12.1. The number of unbranched alkanes of at least 4 members (excludes halogenated alkanes) is 13. The Morgan fingerprint density at radius 3 is 1.90 bits per heavy atom. The van der Waals surface area contributed by atoms with Gasteiger partial charge in [0.1, 0.15) is 0 Å². The van der Waals surface area contributed by atoms with E-state index < -0.39 is 30.1 Å². The first-order chi connectivity index (χ1) is 15.0. The number of hydrogen-bond acceptors (Lipinski definition) is 5. The molecule has 1 fully saturated rings. The maximum absolute atomic E-state index is 12.1. The van der Waals surface area contributed by atoms with Crippen LogP contribution in [0.5, 0.6) is 0 Å². The van der Waals surface area contributed by atoms with Gasteiger partial charge in [-0.15, -0.1) is 0 Å². The fraction of sp³-hybridized carbons (Fsp3) is 0.917. The molecule has 1 rings (SSSR count). The van der Waals surface area contributed by atoms with Crippen molar-refractivity contribution in [3.05, 3.63) is 0 Å². The summed E-state index contributed by atoms with van der Waals surface area (Å²) in [6.45, 7) is 3.09. The SMILES string of the molecule is CCCCCCCCCCCCCCCCOCC(NC(=O)C1CC(O)CN1)C(=O)O. The molecule has 182 valence electrons. The summed E-state index contributed by atoms with van der Waals surface area (Å²) >= 11 is 0. The summed E-state index contributed by atoms with van der Waals surface area (Å²) < 4.78 is 5.48. The van der Waals surface area contributed by atoms with Gasteiger partial charge >= 0.3 is 5.97 Å². The topological polar surface area (TPSA) is 108 Å². The van der Waals surface area contributed by atoms with Crippen molar-refractivity contribution in [1.82, 2.24) is 10.6 Å². The molecule has 31 heavy (non-hydrogen) atoms.